The van der Waals surface area contributed by atoms with E-state index < -0.39 is 0 Å². The number of carbonyl (C=O) groups excluding carboxylic acids is 1. The minimum Gasteiger partial charge on any atom is -0.381 e. The predicted octanol–water partition coefficient (Wildman–Crippen LogP) is 2.06. The predicted molar refractivity (Wildman–Crippen MR) is 78.9 cm³/mol. The Labute approximate surface area is 120 Å². The minimum absolute atomic E-state index is 0.0704. The summed E-state index contributed by atoms with van der Waals surface area (Å²) < 4.78 is 5.35. The van der Waals surface area contributed by atoms with E-state index in [0.717, 1.165) is 38.4 Å². The van der Waals surface area contributed by atoms with Crippen LogP contribution in [0.4, 0.5) is 5.82 Å². The number of nitrogens with zero attached hydrogens (tertiary/aromatic N) is 1. The number of rotatable bonds is 6. The molecule has 1 aromatic rings. The number of pyridine rings is 1. The average molecular weight is 277 g/mol. The second kappa shape index (κ2) is 7.24. The van der Waals surface area contributed by atoms with Gasteiger partial charge in [-0.2, -0.15) is 0 Å². The number of hydrogen-bond acceptors (Lipinski definition) is 4. The average Bonchev–Trinajstić information content (AvgIpc) is 3.00. The number of carbonyl (C=O) groups is 1. The van der Waals surface area contributed by atoms with Crippen molar-refractivity contribution >= 4 is 11.7 Å². The summed E-state index contributed by atoms with van der Waals surface area (Å²) in [5.74, 6) is 1.15. The second-order valence-corrected chi connectivity index (χ2v) is 5.24. The van der Waals surface area contributed by atoms with Crippen molar-refractivity contribution in [3.05, 3.63) is 23.9 Å². The topological polar surface area (TPSA) is 63.2 Å². The van der Waals surface area contributed by atoms with E-state index in [9.17, 15) is 4.79 Å². The Bertz CT molecular complexity index is 427. The van der Waals surface area contributed by atoms with Crippen molar-refractivity contribution in [3.8, 4) is 0 Å². The van der Waals surface area contributed by atoms with Crippen molar-refractivity contribution in [3.63, 3.8) is 0 Å². The van der Waals surface area contributed by atoms with E-state index in [-0.39, 0.29) is 11.9 Å². The highest BCUT2D eigenvalue weighted by molar-refractivity contribution is 5.94. The van der Waals surface area contributed by atoms with Crippen LogP contribution >= 0.6 is 0 Å². The summed E-state index contributed by atoms with van der Waals surface area (Å²) in [5, 5.41) is 6.21. The maximum atomic E-state index is 12.1. The summed E-state index contributed by atoms with van der Waals surface area (Å²) in [6.45, 7) is 6.55. The highest BCUT2D eigenvalue weighted by atomic mass is 16.5. The number of hydrogen-bond donors (Lipinski definition) is 2. The smallest absolute Gasteiger partial charge is 0.253 e. The lowest BCUT2D eigenvalue weighted by Crippen LogP contribution is -2.38. The quantitative estimate of drug-likeness (QED) is 0.835. The van der Waals surface area contributed by atoms with E-state index in [4.69, 9.17) is 4.74 Å². The molecule has 2 unspecified atom stereocenters. The van der Waals surface area contributed by atoms with Gasteiger partial charge in [0.2, 0.25) is 0 Å². The number of aromatic nitrogens is 1. The monoisotopic (exact) mass is 277 g/mol. The third-order valence-corrected chi connectivity index (χ3v) is 3.61. The Kier molecular flexibility index (Phi) is 5.35. The van der Waals surface area contributed by atoms with Gasteiger partial charge in [-0.25, -0.2) is 4.98 Å². The third kappa shape index (κ3) is 3.93. The Morgan fingerprint density at radius 3 is 3.00 bits per heavy atom. The molecule has 0 saturated carbocycles. The molecule has 2 rings (SSSR count). The van der Waals surface area contributed by atoms with Crippen LogP contribution in [0, 0.1) is 5.92 Å². The molecule has 1 fully saturated rings. The molecule has 1 aromatic heterocycles. The number of anilines is 1. The van der Waals surface area contributed by atoms with Crippen LogP contribution in [0.15, 0.2) is 18.3 Å². The zero-order chi connectivity index (χ0) is 14.4. The van der Waals surface area contributed by atoms with Crippen molar-refractivity contribution < 1.29 is 9.53 Å². The van der Waals surface area contributed by atoms with Crippen LogP contribution in [-0.4, -0.2) is 36.7 Å². The fraction of sp³-hybridized carbons (Fsp3) is 0.600. The van der Waals surface area contributed by atoms with Gasteiger partial charge in [-0.3, -0.25) is 4.79 Å². The Balaban J connectivity index is 1.88. The summed E-state index contributed by atoms with van der Waals surface area (Å²) in [6.07, 6.45) is 3.68. The lowest BCUT2D eigenvalue weighted by Gasteiger charge is -2.19. The van der Waals surface area contributed by atoms with Gasteiger partial charge in [-0.1, -0.05) is 6.92 Å². The van der Waals surface area contributed by atoms with E-state index >= 15 is 0 Å². The van der Waals surface area contributed by atoms with Crippen LogP contribution in [0.1, 0.15) is 37.0 Å². The van der Waals surface area contributed by atoms with Crippen molar-refractivity contribution in [2.24, 2.45) is 5.92 Å². The molecule has 2 heterocycles. The van der Waals surface area contributed by atoms with Crippen molar-refractivity contribution in [1.29, 1.82) is 0 Å². The normalized spacial score (nSPS) is 19.6. The van der Waals surface area contributed by atoms with Crippen LogP contribution < -0.4 is 10.6 Å². The van der Waals surface area contributed by atoms with Gasteiger partial charge in [0.1, 0.15) is 5.82 Å². The molecule has 110 valence electrons. The summed E-state index contributed by atoms with van der Waals surface area (Å²) in [4.78, 5) is 16.4. The minimum atomic E-state index is -0.0704. The molecular formula is C15H23N3O2. The van der Waals surface area contributed by atoms with Crippen molar-refractivity contribution in [2.75, 3.05) is 25.1 Å². The SMILES string of the molecule is CCCNc1ccc(C(=O)NC(C)C2CCOC2)cn1. The van der Waals surface area contributed by atoms with Gasteiger partial charge in [0.15, 0.2) is 0 Å². The zero-order valence-electron chi connectivity index (χ0n) is 12.2. The Hall–Kier alpha value is -1.62. The fourth-order valence-electron chi connectivity index (χ4n) is 2.24. The summed E-state index contributed by atoms with van der Waals surface area (Å²) in [6, 6.07) is 3.77. The number of amides is 1. The maximum Gasteiger partial charge on any atom is 0.253 e. The van der Waals surface area contributed by atoms with Gasteiger partial charge in [0, 0.05) is 31.3 Å². The van der Waals surface area contributed by atoms with Gasteiger partial charge < -0.3 is 15.4 Å². The van der Waals surface area contributed by atoms with Crippen LogP contribution in [0.2, 0.25) is 0 Å². The Morgan fingerprint density at radius 2 is 2.40 bits per heavy atom. The van der Waals surface area contributed by atoms with Gasteiger partial charge >= 0.3 is 0 Å². The fourth-order valence-corrected chi connectivity index (χ4v) is 2.24. The summed E-state index contributed by atoms with van der Waals surface area (Å²) in [5.41, 5.74) is 0.595. The third-order valence-electron chi connectivity index (χ3n) is 3.61. The van der Waals surface area contributed by atoms with Gasteiger partial charge in [0.25, 0.3) is 5.91 Å². The molecule has 1 aliphatic heterocycles. The van der Waals surface area contributed by atoms with E-state index in [2.05, 4.69) is 22.5 Å². The first kappa shape index (κ1) is 14.8. The molecule has 0 bridgehead atoms. The lowest BCUT2D eigenvalue weighted by atomic mass is 10.0. The molecule has 2 atom stereocenters. The number of ether oxygens (including phenoxy) is 1. The van der Waals surface area contributed by atoms with Crippen LogP contribution in [0.3, 0.4) is 0 Å². The molecule has 0 aromatic carbocycles. The highest BCUT2D eigenvalue weighted by Crippen LogP contribution is 2.16. The van der Waals surface area contributed by atoms with Gasteiger partial charge in [-0.05, 0) is 31.9 Å². The van der Waals surface area contributed by atoms with E-state index in [1.165, 1.54) is 0 Å². The molecule has 1 amide bonds. The molecule has 1 aliphatic rings. The van der Waals surface area contributed by atoms with E-state index in [0.29, 0.717) is 11.5 Å². The molecule has 2 N–H and O–H groups in total. The highest BCUT2D eigenvalue weighted by Gasteiger charge is 2.23. The molecular weight excluding hydrogens is 254 g/mol. The Morgan fingerprint density at radius 1 is 1.55 bits per heavy atom. The lowest BCUT2D eigenvalue weighted by molar-refractivity contribution is 0.0922. The molecule has 20 heavy (non-hydrogen) atoms. The molecule has 5 heteroatoms. The van der Waals surface area contributed by atoms with E-state index in [1.807, 2.05) is 13.0 Å². The zero-order valence-corrected chi connectivity index (χ0v) is 12.2. The molecule has 0 radical (unpaired) electrons. The van der Waals surface area contributed by atoms with E-state index in [1.54, 1.807) is 12.3 Å². The van der Waals surface area contributed by atoms with Crippen molar-refractivity contribution in [2.45, 2.75) is 32.7 Å². The first-order valence-electron chi connectivity index (χ1n) is 7.29. The van der Waals surface area contributed by atoms with Crippen LogP contribution in [0.25, 0.3) is 0 Å². The molecule has 0 spiro atoms. The first-order chi connectivity index (χ1) is 9.70. The molecule has 1 saturated heterocycles. The molecule has 0 aliphatic carbocycles. The summed E-state index contributed by atoms with van der Waals surface area (Å²) >= 11 is 0. The molecule has 5 nitrogen and oxygen atoms in total. The van der Waals surface area contributed by atoms with Crippen molar-refractivity contribution in [1.82, 2.24) is 10.3 Å². The number of nitrogens with one attached hydrogen (secondary N) is 2. The largest absolute Gasteiger partial charge is 0.381 e. The standard InChI is InChI=1S/C15H23N3O2/c1-3-7-16-14-5-4-12(9-17-14)15(19)18-11(2)13-6-8-20-10-13/h4-5,9,11,13H,3,6-8,10H2,1-2H3,(H,16,17)(H,18,19). The van der Waals surface area contributed by atoms with Crippen LogP contribution in [-0.2, 0) is 4.74 Å². The van der Waals surface area contributed by atoms with Gasteiger partial charge in [0.05, 0.1) is 12.2 Å². The van der Waals surface area contributed by atoms with Gasteiger partial charge in [-0.15, -0.1) is 0 Å². The maximum absolute atomic E-state index is 12.1. The summed E-state index contributed by atoms with van der Waals surface area (Å²) in [7, 11) is 0. The second-order valence-electron chi connectivity index (χ2n) is 5.24. The van der Waals surface area contributed by atoms with Crippen LogP contribution in [0.5, 0.6) is 0 Å². The first-order valence-corrected chi connectivity index (χ1v) is 7.29.